The van der Waals surface area contributed by atoms with Crippen molar-refractivity contribution in [3.8, 4) is 0 Å². The zero-order chi connectivity index (χ0) is 17.8. The molecule has 2 saturated heterocycles. The van der Waals surface area contributed by atoms with Gasteiger partial charge in [0.2, 0.25) is 5.91 Å². The molecule has 0 spiro atoms. The second-order valence-electron chi connectivity index (χ2n) is 8.12. The Labute approximate surface area is 152 Å². The molecule has 1 N–H and O–H groups in total. The molecule has 2 aliphatic rings. The summed E-state index contributed by atoms with van der Waals surface area (Å²) in [5.74, 6) is 1.01. The highest BCUT2D eigenvalue weighted by molar-refractivity contribution is 5.95. The molecule has 1 atom stereocenters. The van der Waals surface area contributed by atoms with Gasteiger partial charge in [-0.2, -0.15) is 0 Å². The minimum Gasteiger partial charge on any atom is -0.371 e. The molecule has 0 radical (unpaired) electrons. The van der Waals surface area contributed by atoms with Crippen LogP contribution in [0.25, 0.3) is 0 Å². The number of rotatable bonds is 6. The van der Waals surface area contributed by atoms with Crippen molar-refractivity contribution < 1.29 is 4.79 Å². The van der Waals surface area contributed by atoms with Crippen LogP contribution in [0.2, 0.25) is 0 Å². The Balaban J connectivity index is 1.50. The third kappa shape index (κ3) is 4.75. The third-order valence-electron chi connectivity index (χ3n) is 5.44. The highest BCUT2D eigenvalue weighted by atomic mass is 16.2. The molecule has 2 aliphatic heterocycles. The lowest BCUT2D eigenvalue weighted by Crippen LogP contribution is -2.45. The first-order chi connectivity index (χ1) is 12.0. The maximum absolute atomic E-state index is 11.9. The molecule has 4 nitrogen and oxygen atoms in total. The van der Waals surface area contributed by atoms with Gasteiger partial charge in [0.1, 0.15) is 0 Å². The van der Waals surface area contributed by atoms with Gasteiger partial charge in [0.05, 0.1) is 0 Å². The standard InChI is InChI=1S/C21H33N3O/c1-16(2)15-17(3)22-18-10-13-23(14-11-18)19-6-8-20(9-7-19)24-12-4-5-21(24)25/h6-9,16-18,22H,4-5,10-15H2,1-3H3/t17-/m0/s1. The first-order valence-electron chi connectivity index (χ1n) is 9.94. The number of piperidine rings is 1. The molecule has 0 unspecified atom stereocenters. The van der Waals surface area contributed by atoms with Gasteiger partial charge in [-0.1, -0.05) is 13.8 Å². The fourth-order valence-electron chi connectivity index (χ4n) is 4.25. The summed E-state index contributed by atoms with van der Waals surface area (Å²) in [6.45, 7) is 9.97. The predicted molar refractivity (Wildman–Crippen MR) is 105 cm³/mol. The number of carbonyl (C=O) groups excluding carboxylic acids is 1. The lowest BCUT2D eigenvalue weighted by molar-refractivity contribution is -0.117. The molecule has 0 aliphatic carbocycles. The van der Waals surface area contributed by atoms with Gasteiger partial charge in [-0.3, -0.25) is 4.79 Å². The van der Waals surface area contributed by atoms with Gasteiger partial charge >= 0.3 is 0 Å². The summed E-state index contributed by atoms with van der Waals surface area (Å²) in [6, 6.07) is 9.81. The van der Waals surface area contributed by atoms with Crippen LogP contribution in [-0.4, -0.2) is 37.6 Å². The highest BCUT2D eigenvalue weighted by Crippen LogP contribution is 2.26. The summed E-state index contributed by atoms with van der Waals surface area (Å²) in [6.07, 6.45) is 5.33. The molecule has 3 rings (SSSR count). The summed E-state index contributed by atoms with van der Waals surface area (Å²) in [7, 11) is 0. The van der Waals surface area contributed by atoms with E-state index in [9.17, 15) is 4.79 Å². The summed E-state index contributed by atoms with van der Waals surface area (Å²) in [5, 5.41) is 3.80. The summed E-state index contributed by atoms with van der Waals surface area (Å²) in [4.78, 5) is 16.2. The third-order valence-corrected chi connectivity index (χ3v) is 5.44. The van der Waals surface area contributed by atoms with Crippen LogP contribution in [0.5, 0.6) is 0 Å². The molecule has 2 heterocycles. The topological polar surface area (TPSA) is 35.6 Å². The molecule has 4 heteroatoms. The van der Waals surface area contributed by atoms with Gasteiger partial charge in [0.15, 0.2) is 0 Å². The lowest BCUT2D eigenvalue weighted by atomic mass is 10.00. The van der Waals surface area contributed by atoms with Crippen molar-refractivity contribution in [1.29, 1.82) is 0 Å². The van der Waals surface area contributed by atoms with E-state index in [2.05, 4.69) is 55.3 Å². The monoisotopic (exact) mass is 343 g/mol. The molecule has 0 aromatic heterocycles. The van der Waals surface area contributed by atoms with Gasteiger partial charge in [-0.15, -0.1) is 0 Å². The van der Waals surface area contributed by atoms with Gasteiger partial charge < -0.3 is 15.1 Å². The van der Waals surface area contributed by atoms with Crippen LogP contribution in [0, 0.1) is 5.92 Å². The summed E-state index contributed by atoms with van der Waals surface area (Å²) < 4.78 is 0. The van der Waals surface area contributed by atoms with Crippen molar-refractivity contribution >= 4 is 17.3 Å². The van der Waals surface area contributed by atoms with E-state index in [4.69, 9.17) is 0 Å². The molecule has 0 saturated carbocycles. The van der Waals surface area contributed by atoms with Gasteiger partial charge in [0, 0.05) is 49.5 Å². The largest absolute Gasteiger partial charge is 0.371 e. The minimum atomic E-state index is 0.259. The zero-order valence-corrected chi connectivity index (χ0v) is 16.0. The predicted octanol–water partition coefficient (Wildman–Crippen LogP) is 3.81. The van der Waals surface area contributed by atoms with Gasteiger partial charge in [-0.05, 0) is 62.8 Å². The second kappa shape index (κ2) is 8.22. The van der Waals surface area contributed by atoms with Crippen molar-refractivity contribution in [3.63, 3.8) is 0 Å². The van der Waals surface area contributed by atoms with Crippen molar-refractivity contribution in [2.45, 2.75) is 65.0 Å². The normalized spacial score (nSPS) is 20.6. The number of benzene rings is 1. The SMILES string of the molecule is CC(C)C[C@H](C)NC1CCN(c2ccc(N3CCCC3=O)cc2)CC1. The van der Waals surface area contributed by atoms with E-state index in [1.807, 2.05) is 4.90 Å². The summed E-state index contributed by atoms with van der Waals surface area (Å²) in [5.41, 5.74) is 2.33. The Morgan fingerprint density at radius 2 is 1.68 bits per heavy atom. The van der Waals surface area contributed by atoms with Crippen LogP contribution in [0.3, 0.4) is 0 Å². The fourth-order valence-corrected chi connectivity index (χ4v) is 4.25. The number of hydrogen-bond donors (Lipinski definition) is 1. The molecule has 1 aromatic carbocycles. The van der Waals surface area contributed by atoms with Crippen LogP contribution >= 0.6 is 0 Å². The number of nitrogens with one attached hydrogen (secondary N) is 1. The average molecular weight is 344 g/mol. The maximum Gasteiger partial charge on any atom is 0.227 e. The smallest absolute Gasteiger partial charge is 0.227 e. The minimum absolute atomic E-state index is 0.259. The number of nitrogens with zero attached hydrogens (tertiary/aromatic N) is 2. The van der Waals surface area contributed by atoms with E-state index in [1.165, 1.54) is 24.9 Å². The Hall–Kier alpha value is -1.55. The molecule has 1 amide bonds. The maximum atomic E-state index is 11.9. The molecule has 0 bridgehead atoms. The quantitative estimate of drug-likeness (QED) is 0.853. The van der Waals surface area contributed by atoms with Crippen LogP contribution < -0.4 is 15.1 Å². The van der Waals surface area contributed by atoms with E-state index < -0.39 is 0 Å². The van der Waals surface area contributed by atoms with Gasteiger partial charge in [-0.25, -0.2) is 0 Å². The van der Waals surface area contributed by atoms with E-state index >= 15 is 0 Å². The lowest BCUT2D eigenvalue weighted by Gasteiger charge is -2.35. The Morgan fingerprint density at radius 3 is 2.24 bits per heavy atom. The van der Waals surface area contributed by atoms with Crippen LogP contribution in [0.1, 0.15) is 52.9 Å². The van der Waals surface area contributed by atoms with E-state index in [0.717, 1.165) is 37.7 Å². The number of amides is 1. The van der Waals surface area contributed by atoms with Crippen LogP contribution in [-0.2, 0) is 4.79 Å². The van der Waals surface area contributed by atoms with Crippen molar-refractivity contribution in [3.05, 3.63) is 24.3 Å². The van der Waals surface area contributed by atoms with Crippen molar-refractivity contribution in [2.24, 2.45) is 5.92 Å². The van der Waals surface area contributed by atoms with E-state index in [0.29, 0.717) is 18.5 Å². The molecular weight excluding hydrogens is 310 g/mol. The Morgan fingerprint density at radius 1 is 1.04 bits per heavy atom. The molecule has 2 fully saturated rings. The first-order valence-corrected chi connectivity index (χ1v) is 9.94. The number of anilines is 2. The van der Waals surface area contributed by atoms with Crippen LogP contribution in [0.15, 0.2) is 24.3 Å². The highest BCUT2D eigenvalue weighted by Gasteiger charge is 2.23. The van der Waals surface area contributed by atoms with E-state index in [-0.39, 0.29) is 5.91 Å². The van der Waals surface area contributed by atoms with Crippen molar-refractivity contribution in [2.75, 3.05) is 29.4 Å². The van der Waals surface area contributed by atoms with E-state index in [1.54, 1.807) is 0 Å². The zero-order valence-electron chi connectivity index (χ0n) is 16.0. The van der Waals surface area contributed by atoms with Crippen molar-refractivity contribution in [1.82, 2.24) is 5.32 Å². The summed E-state index contributed by atoms with van der Waals surface area (Å²) >= 11 is 0. The fraction of sp³-hybridized carbons (Fsp3) is 0.667. The number of carbonyl (C=O) groups is 1. The molecule has 138 valence electrons. The van der Waals surface area contributed by atoms with Gasteiger partial charge in [0.25, 0.3) is 0 Å². The Kier molecular flexibility index (Phi) is 6.00. The average Bonchev–Trinajstić information content (AvgIpc) is 3.01. The first kappa shape index (κ1) is 18.2. The molecule has 25 heavy (non-hydrogen) atoms. The Bertz CT molecular complexity index is 561. The number of hydrogen-bond acceptors (Lipinski definition) is 3. The van der Waals surface area contributed by atoms with Crippen LogP contribution in [0.4, 0.5) is 11.4 Å². The second-order valence-corrected chi connectivity index (χ2v) is 8.12. The molecular formula is C21H33N3O. The molecule has 1 aromatic rings.